The first-order valence-corrected chi connectivity index (χ1v) is 10.8. The van der Waals surface area contributed by atoms with Crippen molar-refractivity contribution < 1.29 is 14.3 Å². The number of rotatable bonds is 8. The minimum absolute atomic E-state index is 0.0350. The highest BCUT2D eigenvalue weighted by molar-refractivity contribution is 5.91. The van der Waals surface area contributed by atoms with Gasteiger partial charge in [0.15, 0.2) is 6.61 Å². The highest BCUT2D eigenvalue weighted by Crippen LogP contribution is 2.35. The molecule has 2 aromatic rings. The van der Waals surface area contributed by atoms with Gasteiger partial charge in [-0.3, -0.25) is 4.79 Å². The van der Waals surface area contributed by atoms with Crippen LogP contribution in [0.3, 0.4) is 0 Å². The first-order chi connectivity index (χ1) is 14.0. The molecule has 0 aliphatic heterocycles. The van der Waals surface area contributed by atoms with Gasteiger partial charge >= 0.3 is 0 Å². The van der Waals surface area contributed by atoms with Gasteiger partial charge < -0.3 is 14.8 Å². The number of nitrogens with one attached hydrogen (secondary N) is 1. The summed E-state index contributed by atoms with van der Waals surface area (Å²) in [6, 6.07) is 13.7. The van der Waals surface area contributed by atoms with E-state index in [4.69, 9.17) is 9.47 Å². The molecule has 4 heteroatoms. The third kappa shape index (κ3) is 7.08. The van der Waals surface area contributed by atoms with Crippen LogP contribution < -0.4 is 14.8 Å². The van der Waals surface area contributed by atoms with E-state index in [1.165, 1.54) is 5.56 Å². The molecule has 0 aromatic heterocycles. The second-order valence-corrected chi connectivity index (χ2v) is 9.77. The molecule has 164 valence electrons. The zero-order chi connectivity index (χ0) is 22.4. The van der Waals surface area contributed by atoms with Gasteiger partial charge in [0.2, 0.25) is 0 Å². The lowest BCUT2D eigenvalue weighted by Crippen LogP contribution is -2.22. The molecule has 0 saturated carbocycles. The molecule has 0 atom stereocenters. The van der Waals surface area contributed by atoms with E-state index in [1.54, 1.807) is 0 Å². The van der Waals surface area contributed by atoms with Crippen LogP contribution in [0.25, 0.3) is 0 Å². The fraction of sp³-hybridized carbons (Fsp3) is 0.500. The van der Waals surface area contributed by atoms with Crippen LogP contribution >= 0.6 is 0 Å². The molecule has 2 aromatic carbocycles. The predicted octanol–water partition coefficient (Wildman–Crippen LogP) is 6.48. The molecule has 0 aliphatic carbocycles. The number of amides is 1. The van der Waals surface area contributed by atoms with E-state index in [-0.39, 0.29) is 23.3 Å². The molecule has 0 fully saturated rings. The summed E-state index contributed by atoms with van der Waals surface area (Å²) in [5.41, 5.74) is 3.07. The Morgan fingerprint density at radius 3 is 2.13 bits per heavy atom. The van der Waals surface area contributed by atoms with E-state index >= 15 is 0 Å². The summed E-state index contributed by atoms with van der Waals surface area (Å²) >= 11 is 0. The normalized spacial score (nSPS) is 11.8. The van der Waals surface area contributed by atoms with Crippen LogP contribution in [0.2, 0.25) is 0 Å². The number of hydrogen-bond donors (Lipinski definition) is 1. The summed E-state index contributed by atoms with van der Waals surface area (Å²) in [5.74, 6) is 1.38. The maximum Gasteiger partial charge on any atom is 0.262 e. The van der Waals surface area contributed by atoms with Gasteiger partial charge in [0.05, 0.1) is 6.61 Å². The fourth-order valence-electron chi connectivity index (χ4n) is 3.02. The lowest BCUT2D eigenvalue weighted by Gasteiger charge is -2.27. The first kappa shape index (κ1) is 23.8. The van der Waals surface area contributed by atoms with E-state index in [1.807, 2.05) is 30.3 Å². The van der Waals surface area contributed by atoms with Gasteiger partial charge in [-0.15, -0.1) is 0 Å². The minimum Gasteiger partial charge on any atom is -0.494 e. The molecule has 0 bridgehead atoms. The molecule has 0 heterocycles. The van der Waals surface area contributed by atoms with Crippen molar-refractivity contribution in [1.82, 2.24) is 0 Å². The number of benzene rings is 2. The average Bonchev–Trinajstić information content (AvgIpc) is 2.66. The summed E-state index contributed by atoms with van der Waals surface area (Å²) < 4.78 is 11.6. The molecule has 0 aliphatic rings. The summed E-state index contributed by atoms with van der Waals surface area (Å²) in [4.78, 5) is 12.4. The van der Waals surface area contributed by atoms with E-state index < -0.39 is 0 Å². The predicted molar refractivity (Wildman–Crippen MR) is 125 cm³/mol. The van der Waals surface area contributed by atoms with Crippen LogP contribution in [0, 0.1) is 0 Å². The first-order valence-electron chi connectivity index (χ1n) is 10.8. The Bertz CT molecular complexity index is 827. The van der Waals surface area contributed by atoms with Crippen LogP contribution in [0.15, 0.2) is 42.5 Å². The summed E-state index contributed by atoms with van der Waals surface area (Å²) in [6.07, 6.45) is 2.13. The number of anilines is 1. The van der Waals surface area contributed by atoms with Gasteiger partial charge in [-0.1, -0.05) is 67.0 Å². The van der Waals surface area contributed by atoms with Crippen molar-refractivity contribution in [3.8, 4) is 11.5 Å². The Labute approximate surface area is 182 Å². The summed E-state index contributed by atoms with van der Waals surface area (Å²) in [5, 5.41) is 2.88. The zero-order valence-corrected chi connectivity index (χ0v) is 19.6. The van der Waals surface area contributed by atoms with Crippen molar-refractivity contribution in [2.24, 2.45) is 0 Å². The molecule has 0 saturated heterocycles. The molecule has 0 unspecified atom stereocenters. The highest BCUT2D eigenvalue weighted by atomic mass is 16.5. The molecule has 0 radical (unpaired) electrons. The van der Waals surface area contributed by atoms with Crippen LogP contribution in [0.1, 0.15) is 72.4 Å². The monoisotopic (exact) mass is 411 g/mol. The van der Waals surface area contributed by atoms with Crippen molar-refractivity contribution in [3.05, 3.63) is 53.6 Å². The lowest BCUT2D eigenvalue weighted by atomic mass is 9.80. The van der Waals surface area contributed by atoms with Crippen molar-refractivity contribution in [2.45, 2.75) is 72.1 Å². The smallest absolute Gasteiger partial charge is 0.262 e. The zero-order valence-electron chi connectivity index (χ0n) is 19.6. The third-order valence-electron chi connectivity index (χ3n) is 4.92. The Kier molecular flexibility index (Phi) is 7.94. The van der Waals surface area contributed by atoms with Crippen molar-refractivity contribution in [3.63, 3.8) is 0 Å². The number of carbonyl (C=O) groups excluding carboxylic acids is 1. The topological polar surface area (TPSA) is 47.6 Å². The largest absolute Gasteiger partial charge is 0.494 e. The van der Waals surface area contributed by atoms with E-state index in [2.05, 4.69) is 65.9 Å². The lowest BCUT2D eigenvalue weighted by molar-refractivity contribution is -0.118. The molecule has 0 spiro atoms. The second kappa shape index (κ2) is 10.0. The van der Waals surface area contributed by atoms with Crippen molar-refractivity contribution >= 4 is 11.6 Å². The second-order valence-electron chi connectivity index (χ2n) is 9.77. The van der Waals surface area contributed by atoms with Crippen LogP contribution in [0.5, 0.6) is 11.5 Å². The molecular formula is C26H37NO3. The number of unbranched alkanes of at least 4 members (excludes halogenated alkanes) is 1. The molecule has 4 nitrogen and oxygen atoms in total. The van der Waals surface area contributed by atoms with Gasteiger partial charge in [0.1, 0.15) is 11.5 Å². The molecular weight excluding hydrogens is 374 g/mol. The highest BCUT2D eigenvalue weighted by Gasteiger charge is 2.23. The maximum absolute atomic E-state index is 12.4. The Morgan fingerprint density at radius 1 is 0.900 bits per heavy atom. The SMILES string of the molecule is CCCCOc1ccc(NC(=O)COc2ccc(C(C)(C)C)cc2C(C)(C)C)cc1. The van der Waals surface area contributed by atoms with Crippen molar-refractivity contribution in [1.29, 1.82) is 0 Å². The van der Waals surface area contributed by atoms with Gasteiger partial charge in [-0.05, 0) is 58.7 Å². The molecule has 2 rings (SSSR count). The standard InChI is InChI=1S/C26H37NO3/c1-8-9-16-29-21-13-11-20(12-14-21)27-24(28)18-30-23-15-10-19(25(2,3)4)17-22(23)26(5,6)7/h10-15,17H,8-9,16,18H2,1-7H3,(H,27,28). The van der Waals surface area contributed by atoms with E-state index in [0.29, 0.717) is 6.61 Å². The average molecular weight is 412 g/mol. The number of ether oxygens (including phenoxy) is 2. The quantitative estimate of drug-likeness (QED) is 0.506. The number of hydrogen-bond acceptors (Lipinski definition) is 3. The van der Waals surface area contributed by atoms with Crippen molar-refractivity contribution in [2.75, 3.05) is 18.5 Å². The maximum atomic E-state index is 12.4. The van der Waals surface area contributed by atoms with Gasteiger partial charge in [0, 0.05) is 5.69 Å². The summed E-state index contributed by atoms with van der Waals surface area (Å²) in [6.45, 7) is 15.9. The molecule has 1 amide bonds. The van der Waals surface area contributed by atoms with E-state index in [0.717, 1.165) is 35.6 Å². The molecule has 30 heavy (non-hydrogen) atoms. The number of carbonyl (C=O) groups is 1. The Balaban J connectivity index is 2.00. The minimum atomic E-state index is -0.186. The van der Waals surface area contributed by atoms with Gasteiger partial charge in [0.25, 0.3) is 5.91 Å². The Morgan fingerprint density at radius 2 is 1.57 bits per heavy atom. The third-order valence-corrected chi connectivity index (χ3v) is 4.92. The van der Waals surface area contributed by atoms with E-state index in [9.17, 15) is 4.79 Å². The van der Waals surface area contributed by atoms with Crippen LogP contribution in [-0.4, -0.2) is 19.1 Å². The van der Waals surface area contributed by atoms with Gasteiger partial charge in [-0.2, -0.15) is 0 Å². The van der Waals surface area contributed by atoms with Gasteiger partial charge in [-0.25, -0.2) is 0 Å². The van der Waals surface area contributed by atoms with Crippen LogP contribution in [-0.2, 0) is 15.6 Å². The Hall–Kier alpha value is -2.49. The molecule has 1 N–H and O–H groups in total. The summed E-state index contributed by atoms with van der Waals surface area (Å²) in [7, 11) is 0. The van der Waals surface area contributed by atoms with Crippen LogP contribution in [0.4, 0.5) is 5.69 Å². The fourth-order valence-corrected chi connectivity index (χ4v) is 3.02.